The van der Waals surface area contributed by atoms with Gasteiger partial charge in [-0.1, -0.05) is 0 Å². The third kappa shape index (κ3) is 6.64. The van der Waals surface area contributed by atoms with Crippen molar-refractivity contribution >= 4 is 21.8 Å². The van der Waals surface area contributed by atoms with Crippen LogP contribution in [-0.2, 0) is 26.2 Å². The first kappa shape index (κ1) is 23.9. The monoisotopic (exact) mass is 465 g/mol. The van der Waals surface area contributed by atoms with Gasteiger partial charge in [0.1, 0.15) is 17.6 Å². The van der Waals surface area contributed by atoms with Crippen LogP contribution in [0.5, 0.6) is 0 Å². The Morgan fingerprint density at radius 1 is 1.12 bits per heavy atom. The standard InChI is InChI=1S/C22H28FN3O5S/c1-15(21(27)24-14-19-3-2-12-31-19)26-22(28)17-6-4-16(5-7-17)13-25-32(29,30)20-10-8-18(23)9-11-20/h2-3,8-12,15-17,25H,4-7,13-14H2,1H3,(H,24,27)(H,26,28)/t15-,16?,17?/m0/s1. The van der Waals surface area contributed by atoms with E-state index in [-0.39, 0.29) is 41.6 Å². The summed E-state index contributed by atoms with van der Waals surface area (Å²) in [7, 11) is -3.70. The van der Waals surface area contributed by atoms with E-state index in [1.807, 2.05) is 0 Å². The quantitative estimate of drug-likeness (QED) is 0.525. The van der Waals surface area contributed by atoms with Crippen LogP contribution in [0.3, 0.4) is 0 Å². The SMILES string of the molecule is C[C@H](NC(=O)C1CCC(CNS(=O)(=O)c2ccc(F)cc2)CC1)C(=O)NCc1ccco1. The number of amides is 2. The van der Waals surface area contributed by atoms with Crippen LogP contribution >= 0.6 is 0 Å². The highest BCUT2D eigenvalue weighted by molar-refractivity contribution is 7.89. The fourth-order valence-corrected chi connectivity index (χ4v) is 4.81. The van der Waals surface area contributed by atoms with Gasteiger partial charge >= 0.3 is 0 Å². The largest absolute Gasteiger partial charge is 0.467 e. The third-order valence-electron chi connectivity index (χ3n) is 5.67. The summed E-state index contributed by atoms with van der Waals surface area (Å²) in [5.41, 5.74) is 0. The number of hydrogen-bond acceptors (Lipinski definition) is 5. The smallest absolute Gasteiger partial charge is 0.242 e. The Hall–Kier alpha value is -2.72. The molecule has 0 saturated heterocycles. The van der Waals surface area contributed by atoms with Crippen LogP contribution in [0.1, 0.15) is 38.4 Å². The van der Waals surface area contributed by atoms with Gasteiger partial charge in [-0.05, 0) is 74.9 Å². The Balaban J connectivity index is 1.39. The van der Waals surface area contributed by atoms with Crippen molar-refractivity contribution in [1.82, 2.24) is 15.4 Å². The Labute approximate surface area is 187 Å². The van der Waals surface area contributed by atoms with E-state index in [2.05, 4.69) is 15.4 Å². The minimum atomic E-state index is -3.70. The van der Waals surface area contributed by atoms with Crippen LogP contribution in [-0.4, -0.2) is 32.8 Å². The fourth-order valence-electron chi connectivity index (χ4n) is 3.69. The number of sulfonamides is 1. The lowest BCUT2D eigenvalue weighted by atomic mass is 9.81. The van der Waals surface area contributed by atoms with Gasteiger partial charge in [-0.25, -0.2) is 17.5 Å². The summed E-state index contributed by atoms with van der Waals surface area (Å²) in [6.07, 6.45) is 4.16. The van der Waals surface area contributed by atoms with Crippen LogP contribution in [0.4, 0.5) is 4.39 Å². The molecule has 2 aromatic rings. The van der Waals surface area contributed by atoms with Crippen LogP contribution < -0.4 is 15.4 Å². The lowest BCUT2D eigenvalue weighted by Gasteiger charge is -2.28. The fraction of sp³-hybridized carbons (Fsp3) is 0.455. The molecule has 8 nitrogen and oxygen atoms in total. The van der Waals surface area contributed by atoms with Crippen LogP contribution in [0.15, 0.2) is 52.0 Å². The van der Waals surface area contributed by atoms with Crippen molar-refractivity contribution < 1.29 is 26.8 Å². The first-order valence-corrected chi connectivity index (χ1v) is 12.1. The average Bonchev–Trinajstić information content (AvgIpc) is 3.30. The van der Waals surface area contributed by atoms with E-state index >= 15 is 0 Å². The first-order chi connectivity index (χ1) is 15.2. The number of carbonyl (C=O) groups is 2. The minimum Gasteiger partial charge on any atom is -0.467 e. The molecule has 0 radical (unpaired) electrons. The molecular formula is C22H28FN3O5S. The van der Waals surface area contributed by atoms with Gasteiger partial charge in [0.25, 0.3) is 0 Å². The summed E-state index contributed by atoms with van der Waals surface area (Å²) < 4.78 is 45.4. The molecule has 1 atom stereocenters. The maximum Gasteiger partial charge on any atom is 0.242 e. The van der Waals surface area contributed by atoms with Gasteiger partial charge in [0.05, 0.1) is 17.7 Å². The Bertz CT molecular complexity index is 1000. The molecule has 0 spiro atoms. The van der Waals surface area contributed by atoms with Gasteiger partial charge in [-0.2, -0.15) is 0 Å². The van der Waals surface area contributed by atoms with Crippen molar-refractivity contribution in [2.45, 2.75) is 50.1 Å². The molecule has 1 fully saturated rings. The highest BCUT2D eigenvalue weighted by atomic mass is 32.2. The lowest BCUT2D eigenvalue weighted by Crippen LogP contribution is -2.47. The van der Waals surface area contributed by atoms with E-state index in [0.29, 0.717) is 31.4 Å². The number of rotatable bonds is 9. The second-order valence-electron chi connectivity index (χ2n) is 8.05. The van der Waals surface area contributed by atoms with Crippen molar-refractivity contribution in [3.63, 3.8) is 0 Å². The molecule has 0 unspecified atom stereocenters. The van der Waals surface area contributed by atoms with Gasteiger partial charge in [-0.3, -0.25) is 9.59 Å². The van der Waals surface area contributed by atoms with Gasteiger partial charge in [-0.15, -0.1) is 0 Å². The van der Waals surface area contributed by atoms with E-state index < -0.39 is 21.9 Å². The predicted octanol–water partition coefficient (Wildman–Crippen LogP) is 2.32. The molecule has 0 bridgehead atoms. The van der Waals surface area contributed by atoms with Crippen molar-refractivity contribution in [3.05, 3.63) is 54.2 Å². The average molecular weight is 466 g/mol. The zero-order valence-corrected chi connectivity index (χ0v) is 18.7. The van der Waals surface area contributed by atoms with E-state index in [9.17, 15) is 22.4 Å². The Kier molecular flexibility index (Phi) is 8.03. The maximum atomic E-state index is 13.0. The molecule has 1 aromatic heterocycles. The molecule has 3 N–H and O–H groups in total. The number of halogens is 1. The van der Waals surface area contributed by atoms with E-state index in [4.69, 9.17) is 4.42 Å². The zero-order chi connectivity index (χ0) is 23.1. The molecule has 1 aromatic carbocycles. The molecule has 1 aliphatic carbocycles. The number of hydrogen-bond donors (Lipinski definition) is 3. The van der Waals surface area contributed by atoms with Crippen molar-refractivity contribution in [3.8, 4) is 0 Å². The summed E-state index contributed by atoms with van der Waals surface area (Å²) in [5.74, 6) is -0.423. The van der Waals surface area contributed by atoms with Crippen LogP contribution in [0.25, 0.3) is 0 Å². The summed E-state index contributed by atoms with van der Waals surface area (Å²) in [6, 6.07) is 7.49. The number of furan rings is 1. The predicted molar refractivity (Wildman–Crippen MR) is 115 cm³/mol. The molecule has 1 aliphatic rings. The second kappa shape index (κ2) is 10.7. The molecule has 32 heavy (non-hydrogen) atoms. The van der Waals surface area contributed by atoms with Gasteiger partial charge in [0.2, 0.25) is 21.8 Å². The summed E-state index contributed by atoms with van der Waals surface area (Å²) in [4.78, 5) is 24.7. The summed E-state index contributed by atoms with van der Waals surface area (Å²) >= 11 is 0. The lowest BCUT2D eigenvalue weighted by molar-refractivity contribution is -0.131. The van der Waals surface area contributed by atoms with E-state index in [0.717, 1.165) is 12.1 Å². The van der Waals surface area contributed by atoms with Crippen molar-refractivity contribution in [1.29, 1.82) is 0 Å². The van der Waals surface area contributed by atoms with Crippen molar-refractivity contribution in [2.75, 3.05) is 6.54 Å². The topological polar surface area (TPSA) is 118 Å². The van der Waals surface area contributed by atoms with Crippen molar-refractivity contribution in [2.24, 2.45) is 11.8 Å². The number of benzene rings is 1. The molecular weight excluding hydrogens is 437 g/mol. The first-order valence-electron chi connectivity index (χ1n) is 10.6. The van der Waals surface area contributed by atoms with Gasteiger partial charge in [0, 0.05) is 12.5 Å². The Morgan fingerprint density at radius 3 is 2.44 bits per heavy atom. The highest BCUT2D eigenvalue weighted by Crippen LogP contribution is 2.29. The van der Waals surface area contributed by atoms with Crippen LogP contribution in [0, 0.1) is 17.7 Å². The summed E-state index contributed by atoms with van der Waals surface area (Å²) in [5, 5.41) is 5.47. The second-order valence-corrected chi connectivity index (χ2v) is 9.82. The summed E-state index contributed by atoms with van der Waals surface area (Å²) in [6.45, 7) is 2.15. The number of nitrogens with one attached hydrogen (secondary N) is 3. The maximum absolute atomic E-state index is 13.0. The minimum absolute atomic E-state index is 0.0197. The van der Waals surface area contributed by atoms with E-state index in [1.54, 1.807) is 19.1 Å². The normalized spacial score (nSPS) is 19.8. The Morgan fingerprint density at radius 2 is 1.81 bits per heavy atom. The molecule has 10 heteroatoms. The van der Waals surface area contributed by atoms with E-state index in [1.165, 1.54) is 18.4 Å². The molecule has 2 amide bonds. The van der Waals surface area contributed by atoms with Gasteiger partial charge in [0.15, 0.2) is 0 Å². The molecule has 1 heterocycles. The highest BCUT2D eigenvalue weighted by Gasteiger charge is 2.29. The molecule has 1 saturated carbocycles. The zero-order valence-electron chi connectivity index (χ0n) is 17.8. The van der Waals surface area contributed by atoms with Crippen LogP contribution in [0.2, 0.25) is 0 Å². The molecule has 174 valence electrons. The third-order valence-corrected chi connectivity index (χ3v) is 7.11. The molecule has 3 rings (SSSR count). The van der Waals surface area contributed by atoms with Gasteiger partial charge < -0.3 is 15.1 Å². The molecule has 0 aliphatic heterocycles. The number of carbonyl (C=O) groups excluding carboxylic acids is 2.